The lowest BCUT2D eigenvalue weighted by molar-refractivity contribution is -0.384. The van der Waals surface area contributed by atoms with Crippen LogP contribution in [0.2, 0.25) is 0 Å². The van der Waals surface area contributed by atoms with E-state index >= 15 is 0 Å². The van der Waals surface area contributed by atoms with Gasteiger partial charge in [0.15, 0.2) is 0 Å². The molecule has 9 nitrogen and oxygen atoms in total. The highest BCUT2D eigenvalue weighted by atomic mass is 35.5. The monoisotopic (exact) mass is 422 g/mol. The molecule has 156 valence electrons. The van der Waals surface area contributed by atoms with Crippen LogP contribution in [0.1, 0.15) is 13.8 Å². The summed E-state index contributed by atoms with van der Waals surface area (Å²) in [6, 6.07) is 11.6. The molecule has 29 heavy (non-hydrogen) atoms. The van der Waals surface area contributed by atoms with Crippen LogP contribution in [0.25, 0.3) is 0 Å². The third-order valence-electron chi connectivity index (χ3n) is 3.85. The van der Waals surface area contributed by atoms with E-state index in [2.05, 4.69) is 10.6 Å². The second-order valence-corrected chi connectivity index (χ2v) is 6.42. The summed E-state index contributed by atoms with van der Waals surface area (Å²) in [6.45, 7) is 3.44. The summed E-state index contributed by atoms with van der Waals surface area (Å²) in [5, 5.41) is 15.8. The molecule has 1 atom stereocenters. The number of hydrogen-bond acceptors (Lipinski definition) is 6. The molecule has 0 saturated heterocycles. The van der Waals surface area contributed by atoms with Crippen LogP contribution < -0.4 is 21.1 Å². The molecule has 0 heterocycles. The molecule has 0 aliphatic carbocycles. The van der Waals surface area contributed by atoms with Crippen molar-refractivity contribution in [2.75, 3.05) is 11.9 Å². The smallest absolute Gasteiger partial charge is 0.269 e. The first-order chi connectivity index (χ1) is 13.3. The molecule has 2 rings (SSSR count). The summed E-state index contributed by atoms with van der Waals surface area (Å²) >= 11 is 0. The molecule has 0 unspecified atom stereocenters. The second kappa shape index (κ2) is 11.0. The summed E-state index contributed by atoms with van der Waals surface area (Å²) in [5.41, 5.74) is 6.16. The summed E-state index contributed by atoms with van der Waals surface area (Å²) < 4.78 is 5.63. The first kappa shape index (κ1) is 23.9. The van der Waals surface area contributed by atoms with Gasteiger partial charge in [0.1, 0.15) is 11.5 Å². The maximum absolute atomic E-state index is 12.0. The van der Waals surface area contributed by atoms with Crippen molar-refractivity contribution in [2.45, 2.75) is 19.9 Å². The van der Waals surface area contributed by atoms with Gasteiger partial charge in [-0.1, -0.05) is 19.9 Å². The van der Waals surface area contributed by atoms with E-state index in [1.807, 2.05) is 13.8 Å². The second-order valence-electron chi connectivity index (χ2n) is 6.42. The molecule has 2 aromatic carbocycles. The minimum atomic E-state index is -0.675. The Morgan fingerprint density at radius 3 is 2.38 bits per heavy atom. The SMILES string of the molecule is CC(C)[C@H](N)C(=O)NCC(=O)Nc1cccc(Oc2ccc([N+](=O)[O-])cc2)c1.Cl. The van der Waals surface area contributed by atoms with E-state index in [1.165, 1.54) is 24.3 Å². The van der Waals surface area contributed by atoms with Gasteiger partial charge in [-0.2, -0.15) is 0 Å². The number of ether oxygens (including phenoxy) is 1. The van der Waals surface area contributed by atoms with Crippen molar-refractivity contribution < 1.29 is 19.2 Å². The zero-order valence-electron chi connectivity index (χ0n) is 16.0. The number of rotatable bonds is 8. The first-order valence-electron chi connectivity index (χ1n) is 8.62. The number of nitro benzene ring substituents is 1. The molecule has 0 fully saturated rings. The minimum absolute atomic E-state index is 0. The molecule has 4 N–H and O–H groups in total. The maximum Gasteiger partial charge on any atom is 0.269 e. The fourth-order valence-electron chi connectivity index (χ4n) is 2.20. The van der Waals surface area contributed by atoms with Crippen LogP contribution in [-0.4, -0.2) is 29.3 Å². The zero-order valence-corrected chi connectivity index (χ0v) is 16.8. The minimum Gasteiger partial charge on any atom is -0.457 e. The lowest BCUT2D eigenvalue weighted by Crippen LogP contribution is -2.46. The van der Waals surface area contributed by atoms with Crippen LogP contribution in [0.15, 0.2) is 48.5 Å². The van der Waals surface area contributed by atoms with Gasteiger partial charge in [-0.15, -0.1) is 12.4 Å². The number of nitrogens with one attached hydrogen (secondary N) is 2. The highest BCUT2D eigenvalue weighted by molar-refractivity contribution is 5.95. The van der Waals surface area contributed by atoms with Crippen molar-refractivity contribution in [1.82, 2.24) is 5.32 Å². The Morgan fingerprint density at radius 1 is 1.14 bits per heavy atom. The molecule has 0 radical (unpaired) electrons. The summed E-state index contributed by atoms with van der Waals surface area (Å²) in [6.07, 6.45) is 0. The Bertz CT molecular complexity index is 858. The van der Waals surface area contributed by atoms with Gasteiger partial charge in [-0.25, -0.2) is 0 Å². The Balaban J connectivity index is 0.00000420. The van der Waals surface area contributed by atoms with E-state index in [4.69, 9.17) is 10.5 Å². The molecule has 2 aromatic rings. The predicted molar refractivity (Wildman–Crippen MR) is 111 cm³/mol. The number of amides is 2. The van der Waals surface area contributed by atoms with Gasteiger partial charge in [0.25, 0.3) is 5.69 Å². The van der Waals surface area contributed by atoms with Gasteiger partial charge in [0.05, 0.1) is 17.5 Å². The number of hydrogen-bond donors (Lipinski definition) is 3. The molecular weight excluding hydrogens is 400 g/mol. The standard InChI is InChI=1S/C19H22N4O5.ClH/c1-12(2)18(20)19(25)21-11-17(24)22-13-4-3-5-16(10-13)28-15-8-6-14(7-9-15)23(26)27;/h3-10,12,18H,11,20H2,1-2H3,(H,21,25)(H,22,24);1H/t18-;/m0./s1. The normalized spacial score (nSPS) is 11.2. The third kappa shape index (κ3) is 7.40. The lowest BCUT2D eigenvalue weighted by atomic mass is 10.1. The van der Waals surface area contributed by atoms with E-state index in [0.717, 1.165) is 0 Å². The molecule has 0 aromatic heterocycles. The average molecular weight is 423 g/mol. The molecule has 0 spiro atoms. The van der Waals surface area contributed by atoms with E-state index in [-0.39, 0.29) is 36.5 Å². The zero-order chi connectivity index (χ0) is 20.7. The van der Waals surface area contributed by atoms with E-state index in [9.17, 15) is 19.7 Å². The van der Waals surface area contributed by atoms with Crippen LogP contribution in [-0.2, 0) is 9.59 Å². The van der Waals surface area contributed by atoms with Crippen LogP contribution in [0, 0.1) is 16.0 Å². The van der Waals surface area contributed by atoms with Crippen LogP contribution in [0.4, 0.5) is 11.4 Å². The van der Waals surface area contributed by atoms with Crippen molar-refractivity contribution in [3.05, 3.63) is 58.6 Å². The maximum atomic E-state index is 12.0. The molecule has 0 bridgehead atoms. The molecule has 0 aliphatic rings. The van der Waals surface area contributed by atoms with Crippen molar-refractivity contribution in [1.29, 1.82) is 0 Å². The third-order valence-corrected chi connectivity index (χ3v) is 3.85. The summed E-state index contributed by atoms with van der Waals surface area (Å²) in [7, 11) is 0. The average Bonchev–Trinajstić information content (AvgIpc) is 2.66. The number of anilines is 1. The van der Waals surface area contributed by atoms with Gasteiger partial charge in [-0.05, 0) is 30.2 Å². The molecular formula is C19H23ClN4O5. The van der Waals surface area contributed by atoms with Crippen molar-refractivity contribution in [2.24, 2.45) is 11.7 Å². The molecule has 0 saturated carbocycles. The van der Waals surface area contributed by atoms with Crippen LogP contribution in [0.3, 0.4) is 0 Å². The number of nitrogens with two attached hydrogens (primary N) is 1. The van der Waals surface area contributed by atoms with E-state index < -0.39 is 16.9 Å². The van der Waals surface area contributed by atoms with Gasteiger partial charge < -0.3 is 21.1 Å². The number of nitrogens with zero attached hydrogens (tertiary/aromatic N) is 1. The fraction of sp³-hybridized carbons (Fsp3) is 0.263. The van der Waals surface area contributed by atoms with Crippen LogP contribution >= 0.6 is 12.4 Å². The number of benzene rings is 2. The topological polar surface area (TPSA) is 137 Å². The Morgan fingerprint density at radius 2 is 1.79 bits per heavy atom. The Labute approximate surface area is 174 Å². The number of carbonyl (C=O) groups excluding carboxylic acids is 2. The lowest BCUT2D eigenvalue weighted by Gasteiger charge is -2.15. The Hall–Kier alpha value is -3.17. The molecule has 10 heteroatoms. The highest BCUT2D eigenvalue weighted by Crippen LogP contribution is 2.25. The van der Waals surface area contributed by atoms with Crippen LogP contribution in [0.5, 0.6) is 11.5 Å². The fourth-order valence-corrected chi connectivity index (χ4v) is 2.20. The number of non-ortho nitro benzene ring substituents is 1. The number of carbonyl (C=O) groups is 2. The summed E-state index contributed by atoms with van der Waals surface area (Å²) in [5.74, 6) is 0.0371. The van der Waals surface area contributed by atoms with E-state index in [0.29, 0.717) is 17.2 Å². The highest BCUT2D eigenvalue weighted by Gasteiger charge is 2.17. The Kier molecular flexibility index (Phi) is 9.04. The van der Waals surface area contributed by atoms with Gasteiger partial charge in [0, 0.05) is 23.9 Å². The molecule has 2 amide bonds. The first-order valence-corrected chi connectivity index (χ1v) is 8.62. The summed E-state index contributed by atoms with van der Waals surface area (Å²) in [4.78, 5) is 34.0. The number of halogens is 1. The van der Waals surface area contributed by atoms with Crippen molar-refractivity contribution in [3.63, 3.8) is 0 Å². The van der Waals surface area contributed by atoms with Gasteiger partial charge in [0.2, 0.25) is 11.8 Å². The largest absolute Gasteiger partial charge is 0.457 e. The van der Waals surface area contributed by atoms with Gasteiger partial charge in [-0.3, -0.25) is 19.7 Å². The molecule has 0 aliphatic heterocycles. The van der Waals surface area contributed by atoms with E-state index in [1.54, 1.807) is 24.3 Å². The van der Waals surface area contributed by atoms with Crippen molar-refractivity contribution >= 4 is 35.6 Å². The number of nitro groups is 1. The quantitative estimate of drug-likeness (QED) is 0.442. The predicted octanol–water partition coefficient (Wildman–Crippen LogP) is 2.85. The van der Waals surface area contributed by atoms with Gasteiger partial charge >= 0.3 is 0 Å². The van der Waals surface area contributed by atoms with Crippen molar-refractivity contribution in [3.8, 4) is 11.5 Å².